The fourth-order valence-electron chi connectivity index (χ4n) is 4.37. The highest BCUT2D eigenvalue weighted by Gasteiger charge is 2.32. The molecule has 3 rings (SSSR count). The Morgan fingerprint density at radius 1 is 1.03 bits per heavy atom. The molecule has 2 amide bonds. The lowest BCUT2D eigenvalue weighted by Gasteiger charge is -2.30. The minimum Gasteiger partial charge on any atom is -0.494 e. The Hall–Kier alpha value is -2.13. The second kappa shape index (κ2) is 11.7. The monoisotopic (exact) mass is 465 g/mol. The van der Waals surface area contributed by atoms with Crippen molar-refractivity contribution >= 4 is 21.8 Å². The molecule has 0 spiro atoms. The number of rotatable bonds is 9. The van der Waals surface area contributed by atoms with E-state index in [2.05, 4.69) is 10.6 Å². The average Bonchev–Trinajstić information content (AvgIpc) is 2.80. The summed E-state index contributed by atoms with van der Waals surface area (Å²) in [6.07, 6.45) is 6.85. The quantitative estimate of drug-likeness (QED) is 0.583. The van der Waals surface area contributed by atoms with Crippen molar-refractivity contribution in [2.24, 2.45) is 5.92 Å². The lowest BCUT2D eigenvalue weighted by molar-refractivity contribution is -0.126. The SMILES string of the molecule is CCOc1ccc(S(=O)(=O)N2CCC(C(=O)NCCC(=O)NC3CCCCC3)CC2)cc1. The molecule has 0 bridgehead atoms. The van der Waals surface area contributed by atoms with Crippen LogP contribution in [-0.2, 0) is 19.6 Å². The third-order valence-electron chi connectivity index (χ3n) is 6.22. The van der Waals surface area contributed by atoms with E-state index < -0.39 is 10.0 Å². The molecular formula is C23H35N3O5S. The van der Waals surface area contributed by atoms with Gasteiger partial charge in [-0.1, -0.05) is 19.3 Å². The Labute approximate surface area is 191 Å². The van der Waals surface area contributed by atoms with Crippen LogP contribution in [-0.4, -0.2) is 56.8 Å². The summed E-state index contributed by atoms with van der Waals surface area (Å²) in [7, 11) is -3.59. The number of amides is 2. The summed E-state index contributed by atoms with van der Waals surface area (Å²) >= 11 is 0. The van der Waals surface area contributed by atoms with Gasteiger partial charge in [-0.3, -0.25) is 9.59 Å². The topological polar surface area (TPSA) is 105 Å². The van der Waals surface area contributed by atoms with Gasteiger partial charge in [-0.05, 0) is 56.9 Å². The fourth-order valence-corrected chi connectivity index (χ4v) is 5.84. The van der Waals surface area contributed by atoms with Crippen molar-refractivity contribution in [1.29, 1.82) is 0 Å². The zero-order chi connectivity index (χ0) is 23.0. The maximum atomic E-state index is 12.9. The smallest absolute Gasteiger partial charge is 0.243 e. The number of carbonyl (C=O) groups excluding carboxylic acids is 2. The zero-order valence-corrected chi connectivity index (χ0v) is 19.7. The number of piperidine rings is 1. The van der Waals surface area contributed by atoms with E-state index in [1.165, 1.54) is 10.7 Å². The standard InChI is InChI=1S/C23H35N3O5S/c1-2-31-20-8-10-21(11-9-20)32(29,30)26-16-13-18(14-17-26)23(28)24-15-12-22(27)25-19-6-4-3-5-7-19/h8-11,18-19H,2-7,12-17H2,1H3,(H,24,28)(H,25,27). The van der Waals surface area contributed by atoms with Crippen LogP contribution in [0.2, 0.25) is 0 Å². The van der Waals surface area contributed by atoms with E-state index in [0.29, 0.717) is 44.8 Å². The number of nitrogens with one attached hydrogen (secondary N) is 2. The summed E-state index contributed by atoms with van der Waals surface area (Å²) in [4.78, 5) is 24.8. The van der Waals surface area contributed by atoms with Crippen molar-refractivity contribution in [2.75, 3.05) is 26.2 Å². The summed E-state index contributed by atoms with van der Waals surface area (Å²) < 4.78 is 32.6. The molecule has 0 unspecified atom stereocenters. The zero-order valence-electron chi connectivity index (χ0n) is 18.8. The molecule has 2 N–H and O–H groups in total. The fraction of sp³-hybridized carbons (Fsp3) is 0.652. The van der Waals surface area contributed by atoms with Crippen LogP contribution in [0.5, 0.6) is 5.75 Å². The van der Waals surface area contributed by atoms with Crippen molar-refractivity contribution < 1.29 is 22.7 Å². The van der Waals surface area contributed by atoms with Gasteiger partial charge in [0.15, 0.2) is 0 Å². The van der Waals surface area contributed by atoms with E-state index in [0.717, 1.165) is 25.7 Å². The van der Waals surface area contributed by atoms with E-state index in [9.17, 15) is 18.0 Å². The van der Waals surface area contributed by atoms with Crippen LogP contribution in [0.25, 0.3) is 0 Å². The molecule has 1 aromatic carbocycles. The molecule has 32 heavy (non-hydrogen) atoms. The average molecular weight is 466 g/mol. The van der Waals surface area contributed by atoms with Crippen molar-refractivity contribution in [3.63, 3.8) is 0 Å². The molecule has 0 atom stereocenters. The van der Waals surface area contributed by atoms with Crippen molar-refractivity contribution in [2.45, 2.75) is 69.2 Å². The molecule has 2 aliphatic rings. The van der Waals surface area contributed by atoms with Gasteiger partial charge in [0, 0.05) is 38.0 Å². The Bertz CT molecular complexity index is 858. The molecule has 0 radical (unpaired) electrons. The van der Waals surface area contributed by atoms with Gasteiger partial charge in [-0.2, -0.15) is 4.31 Å². The summed E-state index contributed by atoms with van der Waals surface area (Å²) in [5.74, 6) is 0.277. The van der Waals surface area contributed by atoms with Gasteiger partial charge in [-0.25, -0.2) is 8.42 Å². The Morgan fingerprint density at radius 3 is 2.31 bits per heavy atom. The molecule has 1 heterocycles. The normalized spacial score (nSPS) is 18.8. The number of hydrogen-bond acceptors (Lipinski definition) is 5. The highest BCUT2D eigenvalue weighted by molar-refractivity contribution is 7.89. The number of carbonyl (C=O) groups is 2. The van der Waals surface area contributed by atoms with E-state index in [-0.39, 0.29) is 35.1 Å². The summed E-state index contributed by atoms with van der Waals surface area (Å²) in [5, 5.41) is 5.89. The lowest BCUT2D eigenvalue weighted by Crippen LogP contribution is -2.43. The van der Waals surface area contributed by atoms with E-state index in [1.807, 2.05) is 6.92 Å². The van der Waals surface area contributed by atoms with Crippen molar-refractivity contribution in [1.82, 2.24) is 14.9 Å². The molecule has 1 saturated carbocycles. The predicted molar refractivity (Wildman–Crippen MR) is 122 cm³/mol. The van der Waals surface area contributed by atoms with Gasteiger partial charge in [0.2, 0.25) is 21.8 Å². The van der Waals surface area contributed by atoms with Gasteiger partial charge in [0.1, 0.15) is 5.75 Å². The molecule has 0 aromatic heterocycles. The number of nitrogens with zero attached hydrogens (tertiary/aromatic N) is 1. The maximum absolute atomic E-state index is 12.9. The summed E-state index contributed by atoms with van der Waals surface area (Å²) in [6, 6.07) is 6.69. The Morgan fingerprint density at radius 2 is 1.69 bits per heavy atom. The Kier molecular flexibility index (Phi) is 8.92. The molecule has 1 saturated heterocycles. The molecule has 1 aliphatic carbocycles. The first-order valence-corrected chi connectivity index (χ1v) is 13.1. The number of ether oxygens (including phenoxy) is 1. The minimum atomic E-state index is -3.59. The van der Waals surface area contributed by atoms with Crippen LogP contribution >= 0.6 is 0 Å². The maximum Gasteiger partial charge on any atom is 0.243 e. The van der Waals surface area contributed by atoms with E-state index in [4.69, 9.17) is 4.74 Å². The van der Waals surface area contributed by atoms with Crippen LogP contribution in [0.4, 0.5) is 0 Å². The predicted octanol–water partition coefficient (Wildman–Crippen LogP) is 2.44. The van der Waals surface area contributed by atoms with Gasteiger partial charge < -0.3 is 15.4 Å². The lowest BCUT2D eigenvalue weighted by atomic mass is 9.95. The first-order chi connectivity index (χ1) is 15.4. The van der Waals surface area contributed by atoms with Gasteiger partial charge >= 0.3 is 0 Å². The second-order valence-corrected chi connectivity index (χ2v) is 10.5. The third-order valence-corrected chi connectivity index (χ3v) is 8.13. The molecule has 1 aromatic rings. The summed E-state index contributed by atoms with van der Waals surface area (Å²) in [6.45, 7) is 3.30. The van der Waals surface area contributed by atoms with Crippen LogP contribution in [0, 0.1) is 5.92 Å². The van der Waals surface area contributed by atoms with Crippen molar-refractivity contribution in [3.8, 4) is 5.75 Å². The molecule has 178 valence electrons. The largest absolute Gasteiger partial charge is 0.494 e. The number of benzene rings is 1. The van der Waals surface area contributed by atoms with Crippen LogP contribution in [0.15, 0.2) is 29.2 Å². The molecule has 2 fully saturated rings. The van der Waals surface area contributed by atoms with Crippen LogP contribution in [0.1, 0.15) is 58.3 Å². The van der Waals surface area contributed by atoms with E-state index in [1.54, 1.807) is 24.3 Å². The summed E-state index contributed by atoms with van der Waals surface area (Å²) in [5.41, 5.74) is 0. The van der Waals surface area contributed by atoms with E-state index >= 15 is 0 Å². The highest BCUT2D eigenvalue weighted by Crippen LogP contribution is 2.25. The number of hydrogen-bond donors (Lipinski definition) is 2. The molecular weight excluding hydrogens is 430 g/mol. The van der Waals surface area contributed by atoms with Gasteiger partial charge in [0.05, 0.1) is 11.5 Å². The van der Waals surface area contributed by atoms with Gasteiger partial charge in [0.25, 0.3) is 0 Å². The first-order valence-electron chi connectivity index (χ1n) is 11.7. The number of sulfonamides is 1. The molecule has 9 heteroatoms. The van der Waals surface area contributed by atoms with Crippen LogP contribution < -0.4 is 15.4 Å². The van der Waals surface area contributed by atoms with Crippen molar-refractivity contribution in [3.05, 3.63) is 24.3 Å². The second-order valence-electron chi connectivity index (χ2n) is 8.53. The molecule has 1 aliphatic heterocycles. The Balaban J connectivity index is 1.40. The third kappa shape index (κ3) is 6.68. The minimum absolute atomic E-state index is 0.0199. The van der Waals surface area contributed by atoms with Crippen LogP contribution in [0.3, 0.4) is 0 Å². The first kappa shape index (κ1) is 24.5. The highest BCUT2D eigenvalue weighted by atomic mass is 32.2. The molecule has 8 nitrogen and oxygen atoms in total. The van der Waals surface area contributed by atoms with Gasteiger partial charge in [-0.15, -0.1) is 0 Å².